The molecule has 0 amide bonds. The molecular weight excluding hydrogens is 262 g/mol. The maximum atomic E-state index is 5.88. The van der Waals surface area contributed by atoms with Crippen LogP contribution in [0.3, 0.4) is 0 Å². The molecule has 4 heteroatoms. The highest BCUT2D eigenvalue weighted by molar-refractivity contribution is 5.21. The van der Waals surface area contributed by atoms with Crippen LogP contribution in [0.2, 0.25) is 0 Å². The quantitative estimate of drug-likeness (QED) is 0.811. The van der Waals surface area contributed by atoms with Crippen LogP contribution in [-0.2, 0) is 13.0 Å². The van der Waals surface area contributed by atoms with Gasteiger partial charge in [0.1, 0.15) is 12.4 Å². The number of para-hydroxylation sites is 1. The minimum absolute atomic E-state index is 0.289. The zero-order valence-corrected chi connectivity index (χ0v) is 13.2. The number of hydrogen-bond donors (Lipinski definition) is 1. The third-order valence-electron chi connectivity index (χ3n) is 3.43. The second kappa shape index (κ2) is 7.84. The van der Waals surface area contributed by atoms with E-state index in [1.807, 2.05) is 37.3 Å². The predicted octanol–water partition coefficient (Wildman–Crippen LogP) is 2.81. The van der Waals surface area contributed by atoms with Crippen LogP contribution in [0.4, 0.5) is 0 Å². The van der Waals surface area contributed by atoms with Crippen LogP contribution in [-0.4, -0.2) is 29.0 Å². The van der Waals surface area contributed by atoms with Crippen LogP contribution in [0.25, 0.3) is 0 Å². The van der Waals surface area contributed by atoms with Gasteiger partial charge in [0.2, 0.25) is 0 Å². The summed E-state index contributed by atoms with van der Waals surface area (Å²) in [5, 5.41) is 8.00. The number of nitrogens with one attached hydrogen (secondary N) is 1. The van der Waals surface area contributed by atoms with E-state index in [0.29, 0.717) is 6.61 Å². The second-order valence-electron chi connectivity index (χ2n) is 5.18. The van der Waals surface area contributed by atoms with Gasteiger partial charge in [-0.05, 0) is 38.6 Å². The van der Waals surface area contributed by atoms with Gasteiger partial charge in [-0.1, -0.05) is 25.1 Å². The lowest BCUT2D eigenvalue weighted by Gasteiger charge is -2.19. The lowest BCUT2D eigenvalue weighted by Crippen LogP contribution is -2.37. The summed E-state index contributed by atoms with van der Waals surface area (Å²) in [7, 11) is 0. The summed E-state index contributed by atoms with van der Waals surface area (Å²) < 4.78 is 7.95. The summed E-state index contributed by atoms with van der Waals surface area (Å²) in [5.74, 6) is 0.917. The van der Waals surface area contributed by atoms with E-state index in [2.05, 4.69) is 35.0 Å². The van der Waals surface area contributed by atoms with Gasteiger partial charge in [-0.2, -0.15) is 5.10 Å². The van der Waals surface area contributed by atoms with Crippen molar-refractivity contribution in [3.05, 3.63) is 47.8 Å². The first-order chi connectivity index (χ1) is 10.2. The number of rotatable bonds is 8. The normalized spacial score (nSPS) is 12.3. The smallest absolute Gasteiger partial charge is 0.119 e. The first-order valence-corrected chi connectivity index (χ1v) is 7.67. The Hall–Kier alpha value is -1.81. The molecule has 0 fully saturated rings. The number of aryl methyl sites for hydroxylation is 2. The van der Waals surface area contributed by atoms with Crippen molar-refractivity contribution >= 4 is 0 Å². The maximum absolute atomic E-state index is 5.88. The van der Waals surface area contributed by atoms with E-state index in [4.69, 9.17) is 4.74 Å². The molecular formula is C17H25N3O. The van der Waals surface area contributed by atoms with Gasteiger partial charge in [0.15, 0.2) is 0 Å². The number of nitrogens with zero attached hydrogens (tertiary/aromatic N) is 2. The molecule has 0 bridgehead atoms. The third kappa shape index (κ3) is 4.60. The molecule has 4 nitrogen and oxygen atoms in total. The van der Waals surface area contributed by atoms with Crippen molar-refractivity contribution in [2.24, 2.45) is 0 Å². The average molecular weight is 287 g/mol. The fraction of sp³-hybridized carbons (Fsp3) is 0.471. The van der Waals surface area contributed by atoms with Crippen molar-refractivity contribution in [2.75, 3.05) is 13.2 Å². The Balaban J connectivity index is 1.98. The Morgan fingerprint density at radius 2 is 2.00 bits per heavy atom. The Morgan fingerprint density at radius 1 is 1.24 bits per heavy atom. The van der Waals surface area contributed by atoms with Crippen LogP contribution in [0.15, 0.2) is 36.4 Å². The molecule has 1 heterocycles. The Labute approximate surface area is 127 Å². The zero-order valence-electron chi connectivity index (χ0n) is 13.2. The highest BCUT2D eigenvalue weighted by Crippen LogP contribution is 2.11. The number of aromatic nitrogens is 2. The molecule has 0 spiro atoms. The number of ether oxygens (including phenoxy) is 1. The van der Waals surface area contributed by atoms with Crippen LogP contribution < -0.4 is 10.1 Å². The van der Waals surface area contributed by atoms with Gasteiger partial charge in [-0.15, -0.1) is 0 Å². The molecule has 0 radical (unpaired) electrons. The van der Waals surface area contributed by atoms with Crippen LogP contribution in [0.1, 0.15) is 25.2 Å². The van der Waals surface area contributed by atoms with Crippen LogP contribution >= 0.6 is 0 Å². The van der Waals surface area contributed by atoms with E-state index >= 15 is 0 Å². The molecule has 0 aliphatic heterocycles. The van der Waals surface area contributed by atoms with Gasteiger partial charge in [0.25, 0.3) is 0 Å². The lowest BCUT2D eigenvalue weighted by molar-refractivity contribution is 0.262. The summed E-state index contributed by atoms with van der Waals surface area (Å²) in [6.07, 6.45) is 0.926. The molecule has 1 N–H and O–H groups in total. The van der Waals surface area contributed by atoms with E-state index in [1.165, 1.54) is 5.69 Å². The van der Waals surface area contributed by atoms with E-state index in [9.17, 15) is 0 Å². The largest absolute Gasteiger partial charge is 0.492 e. The molecule has 114 valence electrons. The molecule has 1 unspecified atom stereocenters. The van der Waals surface area contributed by atoms with Crippen LogP contribution in [0, 0.1) is 6.92 Å². The van der Waals surface area contributed by atoms with Gasteiger partial charge in [-0.3, -0.25) is 4.68 Å². The predicted molar refractivity (Wildman–Crippen MR) is 85.7 cm³/mol. The SMILES string of the molecule is CCNC(COc1ccccc1)Cc1cc(C)nn1CC. The Bertz CT molecular complexity index is 536. The fourth-order valence-electron chi connectivity index (χ4n) is 2.48. The maximum Gasteiger partial charge on any atom is 0.119 e. The molecule has 0 aliphatic carbocycles. The molecule has 1 aromatic carbocycles. The zero-order chi connectivity index (χ0) is 15.1. The number of hydrogen-bond acceptors (Lipinski definition) is 3. The first-order valence-electron chi connectivity index (χ1n) is 7.67. The molecule has 2 aromatic rings. The van der Waals surface area contributed by atoms with Crippen LogP contribution in [0.5, 0.6) is 5.75 Å². The summed E-state index contributed by atoms with van der Waals surface area (Å²) in [6, 6.07) is 12.4. The molecule has 0 aliphatic rings. The van der Waals surface area contributed by atoms with Gasteiger partial charge < -0.3 is 10.1 Å². The fourth-order valence-corrected chi connectivity index (χ4v) is 2.48. The van der Waals surface area contributed by atoms with E-state index in [1.54, 1.807) is 0 Å². The second-order valence-corrected chi connectivity index (χ2v) is 5.18. The monoisotopic (exact) mass is 287 g/mol. The highest BCUT2D eigenvalue weighted by Gasteiger charge is 2.13. The molecule has 2 rings (SSSR count). The molecule has 0 saturated carbocycles. The minimum atomic E-state index is 0.289. The van der Waals surface area contributed by atoms with Crippen molar-refractivity contribution in [1.82, 2.24) is 15.1 Å². The van der Waals surface area contributed by atoms with Crippen molar-refractivity contribution in [3.8, 4) is 5.75 Å². The summed E-state index contributed by atoms with van der Waals surface area (Å²) in [6.45, 7) is 8.78. The summed E-state index contributed by atoms with van der Waals surface area (Å²) >= 11 is 0. The molecule has 0 saturated heterocycles. The topological polar surface area (TPSA) is 39.1 Å². The lowest BCUT2D eigenvalue weighted by atomic mass is 10.1. The van der Waals surface area contributed by atoms with E-state index < -0.39 is 0 Å². The van der Waals surface area contributed by atoms with Crippen molar-refractivity contribution in [3.63, 3.8) is 0 Å². The highest BCUT2D eigenvalue weighted by atomic mass is 16.5. The third-order valence-corrected chi connectivity index (χ3v) is 3.43. The van der Waals surface area contributed by atoms with Crippen molar-refractivity contribution in [2.45, 2.75) is 39.8 Å². The number of benzene rings is 1. The molecule has 21 heavy (non-hydrogen) atoms. The summed E-state index contributed by atoms with van der Waals surface area (Å²) in [5.41, 5.74) is 2.34. The average Bonchev–Trinajstić information content (AvgIpc) is 2.86. The van der Waals surface area contributed by atoms with E-state index in [-0.39, 0.29) is 6.04 Å². The standard InChI is InChI=1S/C17H25N3O/c1-4-18-15(13-21-17-9-7-6-8-10-17)12-16-11-14(3)19-20(16)5-2/h6-11,15,18H,4-5,12-13H2,1-3H3. The molecule has 1 atom stereocenters. The summed E-state index contributed by atoms with van der Waals surface area (Å²) in [4.78, 5) is 0. The van der Waals surface area contributed by atoms with Gasteiger partial charge in [0, 0.05) is 24.7 Å². The molecule has 1 aromatic heterocycles. The van der Waals surface area contributed by atoms with Crippen molar-refractivity contribution in [1.29, 1.82) is 0 Å². The minimum Gasteiger partial charge on any atom is -0.492 e. The first kappa shape index (κ1) is 15.6. The van der Waals surface area contributed by atoms with E-state index in [0.717, 1.165) is 31.0 Å². The number of likely N-dealkylation sites (N-methyl/N-ethyl adjacent to an activating group) is 1. The Kier molecular flexibility index (Phi) is 5.81. The van der Waals surface area contributed by atoms with Crippen molar-refractivity contribution < 1.29 is 4.74 Å². The van der Waals surface area contributed by atoms with Gasteiger partial charge >= 0.3 is 0 Å². The van der Waals surface area contributed by atoms with Gasteiger partial charge in [0.05, 0.1) is 5.69 Å². The van der Waals surface area contributed by atoms with Gasteiger partial charge in [-0.25, -0.2) is 0 Å². The Morgan fingerprint density at radius 3 is 2.67 bits per heavy atom.